The van der Waals surface area contributed by atoms with Gasteiger partial charge in [0.1, 0.15) is 5.82 Å². The Hall–Kier alpha value is -1.20. The van der Waals surface area contributed by atoms with Crippen molar-refractivity contribution in [3.05, 3.63) is 34.6 Å². The number of thiocarbonyl (C=S) groups is 1. The van der Waals surface area contributed by atoms with Crippen LogP contribution in [0.3, 0.4) is 0 Å². The van der Waals surface area contributed by atoms with Crippen LogP contribution in [0, 0.1) is 5.82 Å². The molecule has 0 radical (unpaired) electrons. The van der Waals surface area contributed by atoms with Crippen LogP contribution in [0.4, 0.5) is 4.39 Å². The average molecular weight is 274 g/mol. The summed E-state index contributed by atoms with van der Waals surface area (Å²) in [6.45, 7) is 3.90. The molecule has 0 aromatic heterocycles. The first-order valence-electron chi connectivity index (χ1n) is 5.04. The van der Waals surface area contributed by atoms with E-state index in [1.807, 2.05) is 13.8 Å². The predicted molar refractivity (Wildman–Crippen MR) is 73.0 cm³/mol. The average Bonchev–Trinajstić information content (AvgIpc) is 2.21. The molecule has 1 aromatic rings. The Bertz CT molecular complexity index is 414. The van der Waals surface area contributed by atoms with Crippen molar-refractivity contribution in [3.8, 4) is 0 Å². The second kappa shape index (κ2) is 6.51. The highest BCUT2D eigenvalue weighted by atomic mass is 35.5. The fourth-order valence-corrected chi connectivity index (χ4v) is 1.58. The lowest BCUT2D eigenvalue weighted by molar-refractivity contribution is 0.626. The van der Waals surface area contributed by atoms with Crippen LogP contribution in [0.5, 0.6) is 0 Å². The number of rotatable bonds is 3. The summed E-state index contributed by atoms with van der Waals surface area (Å²) < 4.78 is 13.3. The Morgan fingerprint density at radius 2 is 2.24 bits per heavy atom. The molecule has 0 amide bonds. The highest BCUT2D eigenvalue weighted by molar-refractivity contribution is 7.80. The monoisotopic (exact) mass is 273 g/mol. The normalized spacial score (nSPS) is 10.9. The van der Waals surface area contributed by atoms with E-state index in [0.717, 1.165) is 0 Å². The molecule has 92 valence electrons. The lowest BCUT2D eigenvalue weighted by Crippen LogP contribution is -2.36. The van der Waals surface area contributed by atoms with Crippen molar-refractivity contribution >= 4 is 35.1 Å². The van der Waals surface area contributed by atoms with Gasteiger partial charge in [0.05, 0.1) is 11.2 Å². The van der Waals surface area contributed by atoms with Crippen LogP contribution in [0.15, 0.2) is 23.3 Å². The molecule has 0 aliphatic carbocycles. The van der Waals surface area contributed by atoms with Crippen molar-refractivity contribution in [2.45, 2.75) is 19.9 Å². The minimum Gasteiger partial charge on any atom is -0.359 e. The highest BCUT2D eigenvalue weighted by Gasteiger charge is 2.03. The SMILES string of the molecule is CC(C)NC(=S)N/N=C\c1c(F)cccc1Cl. The van der Waals surface area contributed by atoms with Crippen molar-refractivity contribution in [2.24, 2.45) is 5.10 Å². The van der Waals surface area contributed by atoms with E-state index in [9.17, 15) is 4.39 Å². The van der Waals surface area contributed by atoms with Crippen molar-refractivity contribution < 1.29 is 4.39 Å². The number of nitrogens with one attached hydrogen (secondary N) is 2. The Morgan fingerprint density at radius 3 is 2.82 bits per heavy atom. The Morgan fingerprint density at radius 1 is 1.53 bits per heavy atom. The van der Waals surface area contributed by atoms with E-state index in [0.29, 0.717) is 10.1 Å². The third-order valence-corrected chi connectivity index (χ3v) is 2.32. The molecule has 0 bridgehead atoms. The number of halogens is 2. The Labute approximate surface area is 110 Å². The van der Waals surface area contributed by atoms with Gasteiger partial charge in [-0.1, -0.05) is 17.7 Å². The summed E-state index contributed by atoms with van der Waals surface area (Å²) in [6.07, 6.45) is 1.30. The van der Waals surface area contributed by atoms with Crippen molar-refractivity contribution in [1.29, 1.82) is 0 Å². The maximum atomic E-state index is 13.3. The molecule has 0 saturated carbocycles. The third kappa shape index (κ3) is 4.66. The van der Waals surface area contributed by atoms with E-state index in [4.69, 9.17) is 23.8 Å². The molecule has 0 aliphatic rings. The van der Waals surface area contributed by atoms with E-state index in [1.54, 1.807) is 6.07 Å². The molecular weight excluding hydrogens is 261 g/mol. The predicted octanol–water partition coefficient (Wildman–Crippen LogP) is 2.69. The van der Waals surface area contributed by atoms with Crippen LogP contribution in [-0.2, 0) is 0 Å². The molecule has 17 heavy (non-hydrogen) atoms. The smallest absolute Gasteiger partial charge is 0.187 e. The first-order valence-corrected chi connectivity index (χ1v) is 5.83. The van der Waals surface area contributed by atoms with Gasteiger partial charge in [0.15, 0.2) is 5.11 Å². The summed E-state index contributed by atoms with van der Waals surface area (Å²) in [5.74, 6) is -0.425. The zero-order chi connectivity index (χ0) is 12.8. The molecular formula is C11H13ClFN3S. The number of nitrogens with zero attached hydrogens (tertiary/aromatic N) is 1. The van der Waals surface area contributed by atoms with Crippen LogP contribution in [0.1, 0.15) is 19.4 Å². The van der Waals surface area contributed by atoms with Gasteiger partial charge in [0.25, 0.3) is 0 Å². The first-order chi connectivity index (χ1) is 8.00. The van der Waals surface area contributed by atoms with Crippen molar-refractivity contribution in [2.75, 3.05) is 0 Å². The third-order valence-electron chi connectivity index (χ3n) is 1.78. The lowest BCUT2D eigenvalue weighted by atomic mass is 10.2. The van der Waals surface area contributed by atoms with Gasteiger partial charge in [0, 0.05) is 11.6 Å². The fourth-order valence-electron chi connectivity index (χ4n) is 1.08. The largest absolute Gasteiger partial charge is 0.359 e. The first kappa shape index (κ1) is 13.9. The minimum absolute atomic E-state index is 0.210. The zero-order valence-electron chi connectivity index (χ0n) is 9.50. The molecule has 0 saturated heterocycles. The molecule has 6 heteroatoms. The van der Waals surface area contributed by atoms with Gasteiger partial charge in [-0.05, 0) is 38.2 Å². The van der Waals surface area contributed by atoms with E-state index in [2.05, 4.69) is 15.8 Å². The van der Waals surface area contributed by atoms with E-state index >= 15 is 0 Å². The number of hydrogen-bond acceptors (Lipinski definition) is 2. The van der Waals surface area contributed by atoms with Gasteiger partial charge in [-0.3, -0.25) is 5.43 Å². The molecule has 1 aromatic carbocycles. The molecule has 2 N–H and O–H groups in total. The minimum atomic E-state index is -0.425. The van der Waals surface area contributed by atoms with Gasteiger partial charge < -0.3 is 5.32 Å². The van der Waals surface area contributed by atoms with Gasteiger partial charge in [-0.2, -0.15) is 5.10 Å². The Kier molecular flexibility index (Phi) is 5.31. The fraction of sp³-hybridized carbons (Fsp3) is 0.273. The van der Waals surface area contributed by atoms with Crippen LogP contribution in [0.2, 0.25) is 5.02 Å². The second-order valence-electron chi connectivity index (χ2n) is 3.63. The van der Waals surface area contributed by atoms with Crippen molar-refractivity contribution in [1.82, 2.24) is 10.7 Å². The van der Waals surface area contributed by atoms with Gasteiger partial charge in [0.2, 0.25) is 0 Å². The summed E-state index contributed by atoms with van der Waals surface area (Å²) in [7, 11) is 0. The van der Waals surface area contributed by atoms with Crippen LogP contribution < -0.4 is 10.7 Å². The molecule has 0 fully saturated rings. The molecule has 1 rings (SSSR count). The highest BCUT2D eigenvalue weighted by Crippen LogP contribution is 2.16. The molecule has 0 spiro atoms. The maximum Gasteiger partial charge on any atom is 0.187 e. The van der Waals surface area contributed by atoms with Crippen molar-refractivity contribution in [3.63, 3.8) is 0 Å². The topological polar surface area (TPSA) is 36.4 Å². The molecule has 0 heterocycles. The lowest BCUT2D eigenvalue weighted by Gasteiger charge is -2.09. The van der Waals surface area contributed by atoms with Gasteiger partial charge >= 0.3 is 0 Å². The summed E-state index contributed by atoms with van der Waals surface area (Å²) in [5.41, 5.74) is 2.81. The van der Waals surface area contributed by atoms with Crippen LogP contribution in [-0.4, -0.2) is 17.4 Å². The zero-order valence-corrected chi connectivity index (χ0v) is 11.1. The molecule has 0 unspecified atom stereocenters. The quantitative estimate of drug-likeness (QED) is 0.505. The van der Waals surface area contributed by atoms with E-state index in [-0.39, 0.29) is 11.6 Å². The number of hydrogen-bond donors (Lipinski definition) is 2. The summed E-state index contributed by atoms with van der Waals surface area (Å²) >= 11 is 10.8. The molecule has 0 aliphatic heterocycles. The standard InChI is InChI=1S/C11H13ClFN3S/c1-7(2)15-11(17)16-14-6-8-9(12)4-3-5-10(8)13/h3-7H,1-2H3,(H2,15,16,17)/b14-6-. The second-order valence-corrected chi connectivity index (χ2v) is 4.45. The maximum absolute atomic E-state index is 13.3. The Balaban J connectivity index is 2.63. The van der Waals surface area contributed by atoms with Gasteiger partial charge in [-0.25, -0.2) is 4.39 Å². The van der Waals surface area contributed by atoms with E-state index < -0.39 is 5.82 Å². The summed E-state index contributed by atoms with van der Waals surface area (Å²) in [5, 5.41) is 7.43. The number of benzene rings is 1. The van der Waals surface area contributed by atoms with Crippen LogP contribution in [0.25, 0.3) is 0 Å². The summed E-state index contributed by atoms with van der Waals surface area (Å²) in [6, 6.07) is 4.66. The molecule has 0 atom stereocenters. The molecule has 3 nitrogen and oxygen atoms in total. The van der Waals surface area contributed by atoms with Gasteiger partial charge in [-0.15, -0.1) is 0 Å². The number of hydrazone groups is 1. The van der Waals surface area contributed by atoms with Crippen LogP contribution >= 0.6 is 23.8 Å². The van der Waals surface area contributed by atoms with E-state index in [1.165, 1.54) is 18.3 Å². The summed E-state index contributed by atoms with van der Waals surface area (Å²) in [4.78, 5) is 0.